The number of pyridine rings is 1. The summed E-state index contributed by atoms with van der Waals surface area (Å²) < 4.78 is 9.71. The van der Waals surface area contributed by atoms with E-state index in [1.54, 1.807) is 19.2 Å². The molecule has 0 radical (unpaired) electrons. The van der Waals surface area contributed by atoms with Gasteiger partial charge in [0.2, 0.25) is 0 Å². The standard InChI is InChI=1S/C11H11NO3/c1-3-15-11(13)5-4-9-8-12-7-6-10(9)14-2/h6-8H,3H2,1-2H3. The molecule has 0 N–H and O–H groups in total. The van der Waals surface area contributed by atoms with Gasteiger partial charge in [0.1, 0.15) is 5.75 Å². The Morgan fingerprint density at radius 2 is 2.40 bits per heavy atom. The number of nitrogens with zero attached hydrogens (tertiary/aromatic N) is 1. The lowest BCUT2D eigenvalue weighted by atomic mass is 10.2. The molecule has 0 aliphatic heterocycles. The third-order valence-corrected chi connectivity index (χ3v) is 1.58. The second kappa shape index (κ2) is 5.66. The van der Waals surface area contributed by atoms with Crippen LogP contribution in [0, 0.1) is 11.8 Å². The van der Waals surface area contributed by atoms with Crippen LogP contribution in [-0.4, -0.2) is 24.7 Å². The highest BCUT2D eigenvalue weighted by atomic mass is 16.5. The average molecular weight is 205 g/mol. The Hall–Kier alpha value is -2.02. The largest absolute Gasteiger partial charge is 0.495 e. The first-order chi connectivity index (χ1) is 7.27. The van der Waals surface area contributed by atoms with Crippen LogP contribution in [0.2, 0.25) is 0 Å². The summed E-state index contributed by atoms with van der Waals surface area (Å²) in [5, 5.41) is 0. The van der Waals surface area contributed by atoms with Crippen LogP contribution in [0.25, 0.3) is 0 Å². The number of ether oxygens (including phenoxy) is 2. The van der Waals surface area contributed by atoms with E-state index in [9.17, 15) is 4.79 Å². The van der Waals surface area contributed by atoms with Crippen LogP contribution < -0.4 is 4.74 Å². The Morgan fingerprint density at radius 3 is 3.07 bits per heavy atom. The maximum atomic E-state index is 11.0. The van der Waals surface area contributed by atoms with Crippen molar-refractivity contribution in [2.45, 2.75) is 6.92 Å². The van der Waals surface area contributed by atoms with Gasteiger partial charge in [-0.15, -0.1) is 0 Å². The Balaban J connectivity index is 2.83. The van der Waals surface area contributed by atoms with Gasteiger partial charge in [-0.3, -0.25) is 4.98 Å². The number of carbonyl (C=O) groups excluding carboxylic acids is 1. The maximum Gasteiger partial charge on any atom is 0.384 e. The summed E-state index contributed by atoms with van der Waals surface area (Å²) in [4.78, 5) is 14.8. The number of esters is 1. The van der Waals surface area contributed by atoms with Crippen LogP contribution in [0.3, 0.4) is 0 Å². The Morgan fingerprint density at radius 1 is 1.60 bits per heavy atom. The lowest BCUT2D eigenvalue weighted by Gasteiger charge is -2.00. The fourth-order valence-corrected chi connectivity index (χ4v) is 0.939. The molecule has 0 unspecified atom stereocenters. The zero-order valence-corrected chi connectivity index (χ0v) is 8.61. The fraction of sp³-hybridized carbons (Fsp3) is 0.273. The number of rotatable bonds is 2. The normalized spacial score (nSPS) is 8.67. The van der Waals surface area contributed by atoms with Crippen LogP contribution >= 0.6 is 0 Å². The van der Waals surface area contributed by atoms with E-state index in [0.29, 0.717) is 17.9 Å². The minimum Gasteiger partial charge on any atom is -0.495 e. The summed E-state index contributed by atoms with van der Waals surface area (Å²) in [6, 6.07) is 1.68. The van der Waals surface area contributed by atoms with Gasteiger partial charge in [0.15, 0.2) is 0 Å². The van der Waals surface area contributed by atoms with Crippen molar-refractivity contribution in [1.82, 2.24) is 4.98 Å². The molecule has 0 spiro atoms. The van der Waals surface area contributed by atoms with Crippen molar-refractivity contribution < 1.29 is 14.3 Å². The SMILES string of the molecule is CCOC(=O)C#Cc1cnccc1OC. The van der Waals surface area contributed by atoms with Crippen LogP contribution in [0.1, 0.15) is 12.5 Å². The fourth-order valence-electron chi connectivity index (χ4n) is 0.939. The van der Waals surface area contributed by atoms with E-state index in [-0.39, 0.29) is 0 Å². The zero-order valence-electron chi connectivity index (χ0n) is 8.61. The molecule has 1 aromatic heterocycles. The first-order valence-corrected chi connectivity index (χ1v) is 4.44. The molecule has 1 rings (SSSR count). The summed E-state index contributed by atoms with van der Waals surface area (Å²) in [7, 11) is 1.53. The van der Waals surface area contributed by atoms with E-state index in [2.05, 4.69) is 21.6 Å². The molecule has 0 atom stereocenters. The second-order valence-electron chi connectivity index (χ2n) is 2.55. The number of aromatic nitrogens is 1. The van der Waals surface area contributed by atoms with Gasteiger partial charge < -0.3 is 9.47 Å². The van der Waals surface area contributed by atoms with Crippen molar-refractivity contribution in [3.05, 3.63) is 24.0 Å². The van der Waals surface area contributed by atoms with E-state index in [1.165, 1.54) is 13.3 Å². The van der Waals surface area contributed by atoms with Gasteiger partial charge in [-0.25, -0.2) is 4.79 Å². The molecular formula is C11H11NO3. The molecule has 0 aliphatic rings. The molecular weight excluding hydrogens is 194 g/mol. The molecule has 0 aliphatic carbocycles. The lowest BCUT2D eigenvalue weighted by molar-refractivity contribution is -0.136. The van der Waals surface area contributed by atoms with Crippen molar-refractivity contribution in [3.63, 3.8) is 0 Å². The molecule has 0 fully saturated rings. The van der Waals surface area contributed by atoms with Crippen molar-refractivity contribution in [1.29, 1.82) is 0 Å². The van der Waals surface area contributed by atoms with Crippen molar-refractivity contribution in [2.75, 3.05) is 13.7 Å². The first kappa shape index (κ1) is 11.1. The van der Waals surface area contributed by atoms with Crippen molar-refractivity contribution in [2.24, 2.45) is 0 Å². The van der Waals surface area contributed by atoms with Crippen LogP contribution in [0.15, 0.2) is 18.5 Å². The summed E-state index contributed by atoms with van der Waals surface area (Å²) >= 11 is 0. The molecule has 0 saturated carbocycles. The Bertz CT molecular complexity index is 404. The monoisotopic (exact) mass is 205 g/mol. The molecule has 0 bridgehead atoms. The molecule has 4 nitrogen and oxygen atoms in total. The molecule has 1 aromatic rings. The molecule has 4 heteroatoms. The highest BCUT2D eigenvalue weighted by molar-refractivity contribution is 5.89. The molecule has 0 aromatic carbocycles. The summed E-state index contributed by atoms with van der Waals surface area (Å²) in [5.74, 6) is 5.01. The first-order valence-electron chi connectivity index (χ1n) is 4.44. The van der Waals surface area contributed by atoms with Gasteiger partial charge in [0.05, 0.1) is 19.3 Å². The Kier molecular flexibility index (Phi) is 4.17. The summed E-state index contributed by atoms with van der Waals surface area (Å²) in [5.41, 5.74) is 0.563. The molecule has 0 saturated heterocycles. The van der Waals surface area contributed by atoms with E-state index >= 15 is 0 Å². The zero-order chi connectivity index (χ0) is 11.1. The van der Waals surface area contributed by atoms with Crippen LogP contribution in [0.5, 0.6) is 5.75 Å². The molecule has 0 amide bonds. The number of carbonyl (C=O) groups is 1. The maximum absolute atomic E-state index is 11.0. The van der Waals surface area contributed by atoms with E-state index in [1.807, 2.05) is 0 Å². The minimum absolute atomic E-state index is 0.317. The van der Waals surface area contributed by atoms with Gasteiger partial charge in [0, 0.05) is 18.3 Å². The van der Waals surface area contributed by atoms with Crippen molar-refractivity contribution >= 4 is 5.97 Å². The third kappa shape index (κ3) is 3.31. The third-order valence-electron chi connectivity index (χ3n) is 1.58. The van der Waals surface area contributed by atoms with E-state index in [4.69, 9.17) is 4.74 Å². The van der Waals surface area contributed by atoms with Gasteiger partial charge in [0.25, 0.3) is 0 Å². The molecule has 78 valence electrons. The predicted octanol–water partition coefficient (Wildman–Crippen LogP) is 1.00. The quantitative estimate of drug-likeness (QED) is 0.534. The minimum atomic E-state index is -0.552. The van der Waals surface area contributed by atoms with E-state index in [0.717, 1.165) is 0 Å². The van der Waals surface area contributed by atoms with Gasteiger partial charge in [-0.1, -0.05) is 0 Å². The average Bonchev–Trinajstić information content (AvgIpc) is 2.27. The molecule has 15 heavy (non-hydrogen) atoms. The number of hydrogen-bond acceptors (Lipinski definition) is 4. The predicted molar refractivity (Wildman–Crippen MR) is 54.3 cm³/mol. The summed E-state index contributed by atoms with van der Waals surface area (Å²) in [6.45, 7) is 2.04. The van der Waals surface area contributed by atoms with Crippen LogP contribution in [-0.2, 0) is 9.53 Å². The number of methoxy groups -OCH3 is 1. The van der Waals surface area contributed by atoms with Gasteiger partial charge in [-0.2, -0.15) is 0 Å². The Labute approximate surface area is 88.2 Å². The highest BCUT2D eigenvalue weighted by Gasteiger charge is 1.99. The topological polar surface area (TPSA) is 48.4 Å². The van der Waals surface area contributed by atoms with Gasteiger partial charge >= 0.3 is 5.97 Å². The second-order valence-corrected chi connectivity index (χ2v) is 2.55. The van der Waals surface area contributed by atoms with E-state index < -0.39 is 5.97 Å². The van der Waals surface area contributed by atoms with Gasteiger partial charge in [-0.05, 0) is 18.9 Å². The van der Waals surface area contributed by atoms with Crippen LogP contribution in [0.4, 0.5) is 0 Å². The molecule has 1 heterocycles. The van der Waals surface area contributed by atoms with Crippen molar-refractivity contribution in [3.8, 4) is 17.6 Å². The lowest BCUT2D eigenvalue weighted by Crippen LogP contribution is -1.99. The number of hydrogen-bond donors (Lipinski definition) is 0. The highest BCUT2D eigenvalue weighted by Crippen LogP contribution is 2.13. The smallest absolute Gasteiger partial charge is 0.384 e. The summed E-state index contributed by atoms with van der Waals surface area (Å²) in [6.07, 6.45) is 3.12.